The highest BCUT2D eigenvalue weighted by Gasteiger charge is 2.41. The molecule has 0 amide bonds. The topological polar surface area (TPSA) is 18.5 Å². The van der Waals surface area contributed by atoms with Gasteiger partial charge in [-0.25, -0.2) is 4.39 Å². The van der Waals surface area contributed by atoms with Crippen LogP contribution in [0.2, 0.25) is 0 Å². The lowest BCUT2D eigenvalue weighted by Crippen LogP contribution is -2.24. The standard InChI is InChI=1S/C28H32F4O2/c1-3-18-5-7-19(8-6-18)24-15-14-23(26(27(24)29)28(30,31)32)21-11-16-25(34-17-21)20-9-12-22(13-10-20)33-4-2/h3,9-10,12-15,18-19,21,25H,1,4-8,11,16-17H2,2H3. The van der Waals surface area contributed by atoms with Gasteiger partial charge in [-0.3, -0.25) is 0 Å². The Morgan fingerprint density at radius 2 is 1.59 bits per heavy atom. The summed E-state index contributed by atoms with van der Waals surface area (Å²) in [5, 5.41) is 0. The van der Waals surface area contributed by atoms with Crippen LogP contribution >= 0.6 is 0 Å². The van der Waals surface area contributed by atoms with Crippen molar-refractivity contribution in [1.29, 1.82) is 0 Å². The van der Waals surface area contributed by atoms with Crippen molar-refractivity contribution in [3.05, 3.63) is 77.1 Å². The molecule has 0 radical (unpaired) electrons. The quantitative estimate of drug-likeness (QED) is 0.308. The smallest absolute Gasteiger partial charge is 0.419 e. The second-order valence-corrected chi connectivity index (χ2v) is 9.38. The molecular formula is C28H32F4O2. The zero-order chi connectivity index (χ0) is 24.3. The minimum Gasteiger partial charge on any atom is -0.494 e. The zero-order valence-corrected chi connectivity index (χ0v) is 19.5. The molecule has 2 aromatic carbocycles. The van der Waals surface area contributed by atoms with Gasteiger partial charge < -0.3 is 9.47 Å². The van der Waals surface area contributed by atoms with Gasteiger partial charge in [-0.1, -0.05) is 30.3 Å². The maximum absolute atomic E-state index is 15.4. The molecule has 0 spiro atoms. The molecule has 1 saturated heterocycles. The predicted octanol–water partition coefficient (Wildman–Crippen LogP) is 8.34. The number of halogens is 4. The van der Waals surface area contributed by atoms with E-state index >= 15 is 4.39 Å². The third kappa shape index (κ3) is 5.32. The van der Waals surface area contributed by atoms with Crippen molar-refractivity contribution in [2.75, 3.05) is 13.2 Å². The molecule has 2 unspecified atom stereocenters. The predicted molar refractivity (Wildman–Crippen MR) is 125 cm³/mol. The van der Waals surface area contributed by atoms with E-state index < -0.39 is 23.5 Å². The van der Waals surface area contributed by atoms with Crippen molar-refractivity contribution in [3.8, 4) is 5.75 Å². The van der Waals surface area contributed by atoms with E-state index in [0.29, 0.717) is 38.2 Å². The number of hydrogen-bond donors (Lipinski definition) is 0. The van der Waals surface area contributed by atoms with E-state index in [1.54, 1.807) is 6.07 Å². The van der Waals surface area contributed by atoms with Crippen molar-refractivity contribution in [2.24, 2.45) is 5.92 Å². The number of ether oxygens (including phenoxy) is 2. The van der Waals surface area contributed by atoms with Crippen molar-refractivity contribution >= 4 is 0 Å². The first kappa shape index (κ1) is 24.8. The van der Waals surface area contributed by atoms with Crippen LogP contribution in [0.15, 0.2) is 49.1 Å². The Balaban J connectivity index is 1.51. The Kier molecular flexibility index (Phi) is 7.66. The van der Waals surface area contributed by atoms with Crippen LogP contribution in [0.3, 0.4) is 0 Å². The average Bonchev–Trinajstić information content (AvgIpc) is 2.84. The Hall–Kier alpha value is -2.34. The summed E-state index contributed by atoms with van der Waals surface area (Å²) in [6, 6.07) is 10.7. The molecule has 6 heteroatoms. The van der Waals surface area contributed by atoms with Gasteiger partial charge >= 0.3 is 6.18 Å². The molecule has 1 aliphatic heterocycles. The van der Waals surface area contributed by atoms with E-state index in [1.807, 2.05) is 37.3 Å². The van der Waals surface area contributed by atoms with Crippen LogP contribution in [-0.2, 0) is 10.9 Å². The molecule has 2 aliphatic rings. The Bertz CT molecular complexity index is 967. The van der Waals surface area contributed by atoms with Gasteiger partial charge in [-0.05, 0) is 86.1 Å². The molecule has 2 aromatic rings. The molecule has 1 heterocycles. The zero-order valence-electron chi connectivity index (χ0n) is 19.5. The highest BCUT2D eigenvalue weighted by Crippen LogP contribution is 2.45. The number of benzene rings is 2. The van der Waals surface area contributed by atoms with Gasteiger partial charge in [0.2, 0.25) is 0 Å². The molecule has 0 aromatic heterocycles. The van der Waals surface area contributed by atoms with Crippen LogP contribution in [-0.4, -0.2) is 13.2 Å². The van der Waals surface area contributed by atoms with Crippen molar-refractivity contribution in [1.82, 2.24) is 0 Å². The minimum absolute atomic E-state index is 0.0127. The molecule has 2 nitrogen and oxygen atoms in total. The lowest BCUT2D eigenvalue weighted by Gasteiger charge is -2.32. The van der Waals surface area contributed by atoms with Gasteiger partial charge in [-0.15, -0.1) is 6.58 Å². The van der Waals surface area contributed by atoms with Crippen LogP contribution < -0.4 is 4.74 Å². The lowest BCUT2D eigenvalue weighted by molar-refractivity contribution is -0.141. The highest BCUT2D eigenvalue weighted by atomic mass is 19.4. The van der Waals surface area contributed by atoms with Gasteiger partial charge in [-0.2, -0.15) is 13.2 Å². The number of rotatable bonds is 6. The molecule has 1 aliphatic carbocycles. The summed E-state index contributed by atoms with van der Waals surface area (Å²) in [5.74, 6) is -0.638. The van der Waals surface area contributed by atoms with Crippen LogP contribution in [0.1, 0.15) is 85.6 Å². The third-order valence-corrected chi connectivity index (χ3v) is 7.31. The first-order chi connectivity index (χ1) is 16.3. The fourth-order valence-electron chi connectivity index (χ4n) is 5.42. The SMILES string of the molecule is C=CC1CCC(c2ccc(C3CCC(c4ccc(OCC)cc4)OC3)c(C(F)(F)F)c2F)CC1. The van der Waals surface area contributed by atoms with Crippen LogP contribution in [0.5, 0.6) is 5.75 Å². The molecule has 0 N–H and O–H groups in total. The van der Waals surface area contributed by atoms with Crippen LogP contribution in [0.25, 0.3) is 0 Å². The molecule has 4 rings (SSSR count). The van der Waals surface area contributed by atoms with Crippen molar-refractivity contribution in [2.45, 2.75) is 69.6 Å². The van der Waals surface area contributed by atoms with Crippen LogP contribution in [0, 0.1) is 11.7 Å². The second kappa shape index (κ2) is 10.5. The van der Waals surface area contributed by atoms with E-state index in [2.05, 4.69) is 6.58 Å². The highest BCUT2D eigenvalue weighted by molar-refractivity contribution is 5.40. The van der Waals surface area contributed by atoms with E-state index in [-0.39, 0.29) is 29.8 Å². The second-order valence-electron chi connectivity index (χ2n) is 9.38. The lowest BCUT2D eigenvalue weighted by atomic mass is 9.77. The largest absolute Gasteiger partial charge is 0.494 e. The summed E-state index contributed by atoms with van der Waals surface area (Å²) in [5.41, 5.74) is 0.0693. The van der Waals surface area contributed by atoms with E-state index in [1.165, 1.54) is 6.07 Å². The van der Waals surface area contributed by atoms with E-state index in [0.717, 1.165) is 24.2 Å². The van der Waals surface area contributed by atoms with Gasteiger partial charge in [0.05, 0.1) is 24.9 Å². The molecule has 1 saturated carbocycles. The summed E-state index contributed by atoms with van der Waals surface area (Å²) >= 11 is 0. The summed E-state index contributed by atoms with van der Waals surface area (Å²) in [4.78, 5) is 0. The normalized spacial score (nSPS) is 25.7. The van der Waals surface area contributed by atoms with Gasteiger partial charge in [0, 0.05) is 5.92 Å². The fraction of sp³-hybridized carbons (Fsp3) is 0.500. The first-order valence-electron chi connectivity index (χ1n) is 12.2. The molecule has 184 valence electrons. The third-order valence-electron chi connectivity index (χ3n) is 7.31. The number of hydrogen-bond acceptors (Lipinski definition) is 2. The minimum atomic E-state index is -4.75. The Morgan fingerprint density at radius 1 is 0.941 bits per heavy atom. The van der Waals surface area contributed by atoms with E-state index in [9.17, 15) is 13.2 Å². The summed E-state index contributed by atoms with van der Waals surface area (Å²) < 4.78 is 69.0. The summed E-state index contributed by atoms with van der Waals surface area (Å²) in [6.45, 7) is 6.42. The molecule has 34 heavy (non-hydrogen) atoms. The van der Waals surface area contributed by atoms with Crippen LogP contribution in [0.4, 0.5) is 17.6 Å². The number of allylic oxidation sites excluding steroid dienone is 1. The summed E-state index contributed by atoms with van der Waals surface area (Å²) in [6.07, 6.45) is 1.06. The fourth-order valence-corrected chi connectivity index (χ4v) is 5.42. The van der Waals surface area contributed by atoms with Gasteiger partial charge in [0.1, 0.15) is 11.6 Å². The Morgan fingerprint density at radius 3 is 2.15 bits per heavy atom. The van der Waals surface area contributed by atoms with Gasteiger partial charge in [0.25, 0.3) is 0 Å². The first-order valence-corrected chi connectivity index (χ1v) is 12.2. The number of alkyl halides is 3. The average molecular weight is 477 g/mol. The maximum atomic E-state index is 15.4. The van der Waals surface area contributed by atoms with E-state index in [4.69, 9.17) is 9.47 Å². The molecular weight excluding hydrogens is 444 g/mol. The molecule has 2 atom stereocenters. The molecule has 0 bridgehead atoms. The monoisotopic (exact) mass is 476 g/mol. The Labute approximate surface area is 199 Å². The summed E-state index contributed by atoms with van der Waals surface area (Å²) in [7, 11) is 0. The maximum Gasteiger partial charge on any atom is 0.419 e. The van der Waals surface area contributed by atoms with Crippen molar-refractivity contribution < 1.29 is 27.0 Å². The van der Waals surface area contributed by atoms with Gasteiger partial charge in [0.15, 0.2) is 0 Å². The van der Waals surface area contributed by atoms with Crippen molar-refractivity contribution in [3.63, 3.8) is 0 Å². The molecule has 2 fully saturated rings.